The number of fused-ring (bicyclic) bond motifs is 9. The Hall–Kier alpha value is -6.84. The maximum atomic E-state index is 2.46. The Morgan fingerprint density at radius 2 is 0.704 bits per heavy atom. The Bertz CT molecular complexity index is 3120. The van der Waals surface area contributed by atoms with Crippen molar-refractivity contribution in [1.29, 1.82) is 0 Å². The largest absolute Gasteiger partial charge is 0.344 e. The van der Waals surface area contributed by atoms with Crippen LogP contribution in [0.1, 0.15) is 5.56 Å². The van der Waals surface area contributed by atoms with E-state index in [1.807, 2.05) is 0 Å². The normalized spacial score (nSPS) is 12.0. The second-order valence-corrected chi connectivity index (χ2v) is 14.7. The lowest BCUT2D eigenvalue weighted by Gasteiger charge is -2.13. The van der Waals surface area contributed by atoms with E-state index in [-0.39, 0.29) is 0 Å². The fraction of sp³-hybridized carbons (Fsp3) is 0.0588. The van der Waals surface area contributed by atoms with Gasteiger partial charge in [-0.3, -0.25) is 0 Å². The van der Waals surface area contributed by atoms with Crippen LogP contribution in [0.2, 0.25) is 0 Å². The average Bonchev–Trinajstić information content (AvgIpc) is 3.82. The van der Waals surface area contributed by atoms with Crippen molar-refractivity contribution in [3.05, 3.63) is 181 Å². The molecule has 0 aliphatic carbocycles. The van der Waals surface area contributed by atoms with E-state index in [2.05, 4.69) is 204 Å². The van der Waals surface area contributed by atoms with Crippen LogP contribution in [0.3, 0.4) is 0 Å². The Morgan fingerprint density at radius 1 is 0.296 bits per heavy atom. The Morgan fingerprint density at radius 3 is 1.26 bits per heavy atom. The van der Waals surface area contributed by atoms with Crippen LogP contribution < -0.4 is 0 Å². The number of aryl methyl sites for hydroxylation is 2. The van der Waals surface area contributed by atoms with Crippen LogP contribution in [-0.4, -0.2) is 13.7 Å². The van der Waals surface area contributed by atoms with Crippen molar-refractivity contribution in [1.82, 2.24) is 13.7 Å². The molecular weight excluding hydrogens is 655 g/mol. The third-order valence-corrected chi connectivity index (χ3v) is 11.7. The molecule has 3 heteroatoms. The van der Waals surface area contributed by atoms with Crippen molar-refractivity contribution in [3.63, 3.8) is 0 Å². The van der Waals surface area contributed by atoms with E-state index in [1.165, 1.54) is 104 Å². The second-order valence-electron chi connectivity index (χ2n) is 14.7. The van der Waals surface area contributed by atoms with Gasteiger partial charge in [0.25, 0.3) is 0 Å². The first-order valence-corrected chi connectivity index (χ1v) is 18.7. The predicted molar refractivity (Wildman–Crippen MR) is 229 cm³/mol. The van der Waals surface area contributed by atoms with Crippen molar-refractivity contribution in [2.45, 2.75) is 6.54 Å². The number of para-hydroxylation sites is 3. The number of benzene rings is 8. The molecule has 0 spiro atoms. The highest BCUT2D eigenvalue weighted by atomic mass is 15.0. The molecular formula is C51H37N3. The number of hydrogen-bond donors (Lipinski definition) is 0. The number of aromatic nitrogens is 3. The molecule has 3 aromatic heterocycles. The summed E-state index contributed by atoms with van der Waals surface area (Å²) < 4.78 is 7.11. The van der Waals surface area contributed by atoms with Crippen molar-refractivity contribution < 1.29 is 0 Å². The first-order valence-electron chi connectivity index (χ1n) is 18.7. The fourth-order valence-electron chi connectivity index (χ4n) is 8.98. The van der Waals surface area contributed by atoms with E-state index < -0.39 is 0 Å². The molecule has 256 valence electrons. The molecule has 54 heavy (non-hydrogen) atoms. The van der Waals surface area contributed by atoms with Gasteiger partial charge in [-0.1, -0.05) is 115 Å². The maximum absolute atomic E-state index is 2.46. The molecule has 0 radical (unpaired) electrons. The van der Waals surface area contributed by atoms with E-state index in [0.717, 1.165) is 6.54 Å². The molecule has 0 N–H and O–H groups in total. The summed E-state index contributed by atoms with van der Waals surface area (Å²) in [5, 5.41) is 7.71. The summed E-state index contributed by atoms with van der Waals surface area (Å²) >= 11 is 0. The van der Waals surface area contributed by atoms with E-state index >= 15 is 0 Å². The smallest absolute Gasteiger partial charge is 0.0494 e. The molecule has 0 fully saturated rings. The van der Waals surface area contributed by atoms with E-state index in [4.69, 9.17) is 0 Å². The zero-order chi connectivity index (χ0) is 35.9. The van der Waals surface area contributed by atoms with Gasteiger partial charge in [-0.05, 0) is 99.6 Å². The molecule has 0 aliphatic rings. The molecule has 0 atom stereocenters. The minimum absolute atomic E-state index is 0.830. The maximum Gasteiger partial charge on any atom is 0.0494 e. The van der Waals surface area contributed by atoms with Crippen LogP contribution in [0.5, 0.6) is 0 Å². The molecule has 3 heterocycles. The van der Waals surface area contributed by atoms with Gasteiger partial charge in [-0.25, -0.2) is 0 Å². The molecule has 0 aliphatic heterocycles. The van der Waals surface area contributed by atoms with Crippen molar-refractivity contribution in [3.8, 4) is 33.4 Å². The fourth-order valence-corrected chi connectivity index (χ4v) is 8.98. The van der Waals surface area contributed by atoms with Crippen LogP contribution in [0, 0.1) is 0 Å². The summed E-state index contributed by atoms with van der Waals surface area (Å²) in [5.74, 6) is 0. The molecule has 0 amide bonds. The van der Waals surface area contributed by atoms with Crippen molar-refractivity contribution >= 4 is 65.4 Å². The molecule has 8 aromatic carbocycles. The lowest BCUT2D eigenvalue weighted by Crippen LogP contribution is -1.98. The van der Waals surface area contributed by atoms with Gasteiger partial charge in [-0.15, -0.1) is 0 Å². The van der Waals surface area contributed by atoms with Crippen molar-refractivity contribution in [2.75, 3.05) is 0 Å². The SMILES string of the molecule is Cn1c2ccccc2c2ccc(-c3cc(-c4ccc5c(c4)c4ccccc4n5Cc4ccccc4)cc(-c4ccc5c6ccccc6n(C)c5c4)c3)cc21. The molecule has 11 aromatic rings. The van der Waals surface area contributed by atoms with Gasteiger partial charge in [0.2, 0.25) is 0 Å². The van der Waals surface area contributed by atoms with Gasteiger partial charge >= 0.3 is 0 Å². The van der Waals surface area contributed by atoms with Gasteiger partial charge in [-0.2, -0.15) is 0 Å². The van der Waals surface area contributed by atoms with E-state index in [1.54, 1.807) is 0 Å². The zero-order valence-electron chi connectivity index (χ0n) is 30.3. The summed E-state index contributed by atoms with van der Waals surface area (Å²) in [7, 11) is 4.36. The first kappa shape index (κ1) is 30.8. The van der Waals surface area contributed by atoms with Gasteiger partial charge < -0.3 is 13.7 Å². The number of nitrogens with zero attached hydrogens (tertiary/aromatic N) is 3. The summed E-state index contributed by atoms with van der Waals surface area (Å²) in [4.78, 5) is 0. The molecule has 3 nitrogen and oxygen atoms in total. The zero-order valence-corrected chi connectivity index (χ0v) is 30.3. The summed E-state index contributed by atoms with van der Waals surface area (Å²) in [6, 6.07) is 65.1. The van der Waals surface area contributed by atoms with Crippen LogP contribution in [0.25, 0.3) is 98.8 Å². The van der Waals surface area contributed by atoms with Crippen molar-refractivity contribution in [2.24, 2.45) is 14.1 Å². The van der Waals surface area contributed by atoms with Gasteiger partial charge in [0.05, 0.1) is 0 Å². The monoisotopic (exact) mass is 691 g/mol. The highest BCUT2D eigenvalue weighted by Crippen LogP contribution is 2.40. The highest BCUT2D eigenvalue weighted by Gasteiger charge is 2.16. The lowest BCUT2D eigenvalue weighted by molar-refractivity contribution is 0.869. The first-order chi connectivity index (χ1) is 26.6. The predicted octanol–water partition coefficient (Wildman–Crippen LogP) is 13.1. The average molecular weight is 692 g/mol. The third-order valence-electron chi connectivity index (χ3n) is 11.7. The number of rotatable bonds is 5. The lowest BCUT2D eigenvalue weighted by atomic mass is 9.92. The number of hydrogen-bond acceptors (Lipinski definition) is 0. The topological polar surface area (TPSA) is 14.8 Å². The molecule has 0 bridgehead atoms. The van der Waals surface area contributed by atoms with Crippen LogP contribution >= 0.6 is 0 Å². The standard InChI is InChI=1S/C51H37N3/c1-52-46-17-9-6-14-40(46)43-23-20-35(30-50(43)52)38-26-37(27-39(28-38)36-21-24-44-41-15-7-10-18-47(41)53(2)51(44)31-36)34-22-25-49-45(29-34)42-16-8-11-19-48(42)54(49)32-33-12-4-3-5-13-33/h3-31H,32H2,1-2H3. The van der Waals surface area contributed by atoms with Crippen LogP contribution in [0.4, 0.5) is 0 Å². The molecule has 0 unspecified atom stereocenters. The molecule has 0 saturated heterocycles. The van der Waals surface area contributed by atoms with Crippen LogP contribution in [0.15, 0.2) is 176 Å². The Labute approximate surface area is 313 Å². The summed E-state index contributed by atoms with van der Waals surface area (Å²) in [6.45, 7) is 0.830. The Kier molecular flexibility index (Phi) is 6.74. The second kappa shape index (κ2) is 11.8. The highest BCUT2D eigenvalue weighted by molar-refractivity contribution is 6.11. The molecule has 11 rings (SSSR count). The van der Waals surface area contributed by atoms with Gasteiger partial charge in [0.1, 0.15) is 0 Å². The van der Waals surface area contributed by atoms with Gasteiger partial charge in [0, 0.05) is 86.1 Å². The quantitative estimate of drug-likeness (QED) is 0.171. The third kappa shape index (κ3) is 4.68. The van der Waals surface area contributed by atoms with Gasteiger partial charge in [0.15, 0.2) is 0 Å². The van der Waals surface area contributed by atoms with Crippen LogP contribution in [-0.2, 0) is 20.6 Å². The Balaban J connectivity index is 1.12. The van der Waals surface area contributed by atoms with E-state index in [0.29, 0.717) is 0 Å². The minimum atomic E-state index is 0.830. The molecule has 0 saturated carbocycles. The minimum Gasteiger partial charge on any atom is -0.344 e. The van der Waals surface area contributed by atoms with E-state index in [9.17, 15) is 0 Å². The summed E-state index contributed by atoms with van der Waals surface area (Å²) in [6.07, 6.45) is 0. The summed E-state index contributed by atoms with van der Waals surface area (Å²) in [5.41, 5.74) is 16.1.